The van der Waals surface area contributed by atoms with Crippen LogP contribution in [-0.4, -0.2) is 29.3 Å². The van der Waals surface area contributed by atoms with Crippen LogP contribution in [0.3, 0.4) is 0 Å². The molecule has 0 unspecified atom stereocenters. The van der Waals surface area contributed by atoms with E-state index in [4.69, 9.17) is 0 Å². The van der Waals surface area contributed by atoms with Crippen LogP contribution in [0.4, 0.5) is 4.39 Å². The molecule has 0 aliphatic carbocycles. The van der Waals surface area contributed by atoms with Crippen molar-refractivity contribution >= 4 is 5.96 Å². The summed E-state index contributed by atoms with van der Waals surface area (Å²) in [5, 5.41) is 11.2. The van der Waals surface area contributed by atoms with E-state index in [9.17, 15) is 4.39 Å². The first-order chi connectivity index (χ1) is 13.2. The maximum absolute atomic E-state index is 13.0. The zero-order chi connectivity index (χ0) is 19.1. The quantitative estimate of drug-likeness (QED) is 0.521. The highest BCUT2D eigenvalue weighted by atomic mass is 19.1. The Hall–Kier alpha value is -3.15. The molecule has 6 heteroatoms. The topological polar surface area (TPSA) is 54.2 Å². The van der Waals surface area contributed by atoms with Crippen molar-refractivity contribution in [1.29, 1.82) is 0 Å². The van der Waals surface area contributed by atoms with Gasteiger partial charge in [0.25, 0.3) is 0 Å². The van der Waals surface area contributed by atoms with E-state index in [2.05, 4.69) is 39.8 Å². The van der Waals surface area contributed by atoms with Gasteiger partial charge in [0.05, 0.1) is 11.4 Å². The van der Waals surface area contributed by atoms with Crippen molar-refractivity contribution in [2.24, 2.45) is 4.99 Å². The number of nitrogens with one attached hydrogen (secondary N) is 2. The molecular formula is C21H24FN5. The van der Waals surface area contributed by atoms with E-state index in [0.29, 0.717) is 6.54 Å². The van der Waals surface area contributed by atoms with Gasteiger partial charge in [0.2, 0.25) is 0 Å². The number of aliphatic imine (C=N–C) groups is 1. The minimum Gasteiger partial charge on any atom is -0.356 e. The maximum atomic E-state index is 13.0. The van der Waals surface area contributed by atoms with Gasteiger partial charge in [-0.1, -0.05) is 24.3 Å². The highest BCUT2D eigenvalue weighted by Crippen LogP contribution is 2.09. The van der Waals surface area contributed by atoms with Crippen LogP contribution in [0.5, 0.6) is 0 Å². The van der Waals surface area contributed by atoms with Crippen molar-refractivity contribution in [2.75, 3.05) is 13.6 Å². The molecule has 0 atom stereocenters. The number of nitrogens with zero attached hydrogens (tertiary/aromatic N) is 3. The van der Waals surface area contributed by atoms with Gasteiger partial charge in [-0.15, -0.1) is 0 Å². The van der Waals surface area contributed by atoms with Crippen LogP contribution in [0, 0.1) is 12.7 Å². The Bertz CT molecular complexity index is 899. The summed E-state index contributed by atoms with van der Waals surface area (Å²) in [6, 6.07) is 16.5. The third-order valence-corrected chi connectivity index (χ3v) is 4.34. The lowest BCUT2D eigenvalue weighted by Crippen LogP contribution is -2.38. The Labute approximate surface area is 159 Å². The molecule has 3 rings (SSSR count). The molecule has 5 nitrogen and oxygen atoms in total. The molecule has 3 aromatic rings. The summed E-state index contributed by atoms with van der Waals surface area (Å²) in [6.45, 7) is 3.55. The second kappa shape index (κ2) is 8.98. The Morgan fingerprint density at radius 2 is 1.85 bits per heavy atom. The van der Waals surface area contributed by atoms with E-state index in [1.54, 1.807) is 23.9 Å². The largest absolute Gasteiger partial charge is 0.356 e. The number of aryl methyl sites for hydroxylation is 1. The van der Waals surface area contributed by atoms with Crippen LogP contribution in [0.25, 0.3) is 5.69 Å². The summed E-state index contributed by atoms with van der Waals surface area (Å²) in [6.07, 6.45) is 2.65. The molecule has 0 spiro atoms. The fourth-order valence-electron chi connectivity index (χ4n) is 2.75. The monoisotopic (exact) mass is 365 g/mol. The molecule has 0 aliphatic rings. The number of hydrogen-bond donors (Lipinski definition) is 2. The fourth-order valence-corrected chi connectivity index (χ4v) is 2.75. The SMILES string of the molecule is CN=C(NCCc1ccn(-c2ccc(F)cc2)n1)NCc1ccccc1C. The molecule has 140 valence electrons. The van der Waals surface area contributed by atoms with Gasteiger partial charge < -0.3 is 10.6 Å². The van der Waals surface area contributed by atoms with Crippen LogP contribution < -0.4 is 10.6 Å². The van der Waals surface area contributed by atoms with Crippen molar-refractivity contribution in [3.05, 3.63) is 83.4 Å². The first kappa shape index (κ1) is 18.6. The average Bonchev–Trinajstić information content (AvgIpc) is 3.15. The van der Waals surface area contributed by atoms with Gasteiger partial charge in [0.15, 0.2) is 5.96 Å². The zero-order valence-electron chi connectivity index (χ0n) is 15.6. The molecule has 0 saturated heterocycles. The minimum atomic E-state index is -0.250. The second-order valence-electron chi connectivity index (χ2n) is 6.26. The molecule has 0 aliphatic heterocycles. The lowest BCUT2D eigenvalue weighted by Gasteiger charge is -2.12. The number of halogens is 1. The second-order valence-corrected chi connectivity index (χ2v) is 6.26. The first-order valence-corrected chi connectivity index (χ1v) is 8.95. The Morgan fingerprint density at radius 1 is 1.07 bits per heavy atom. The third-order valence-electron chi connectivity index (χ3n) is 4.34. The van der Waals surface area contributed by atoms with Gasteiger partial charge in [-0.25, -0.2) is 9.07 Å². The predicted octanol–water partition coefficient (Wildman–Crippen LogP) is 3.23. The van der Waals surface area contributed by atoms with Crippen molar-refractivity contribution in [2.45, 2.75) is 19.9 Å². The Balaban J connectivity index is 1.48. The molecule has 0 amide bonds. The van der Waals surface area contributed by atoms with Crippen LogP contribution in [-0.2, 0) is 13.0 Å². The van der Waals surface area contributed by atoms with Crippen molar-refractivity contribution < 1.29 is 4.39 Å². The molecule has 2 N–H and O–H groups in total. The molecule has 0 saturated carbocycles. The molecule has 0 fully saturated rings. The van der Waals surface area contributed by atoms with Crippen molar-refractivity contribution in [1.82, 2.24) is 20.4 Å². The van der Waals surface area contributed by atoms with E-state index in [0.717, 1.165) is 30.3 Å². The maximum Gasteiger partial charge on any atom is 0.191 e. The summed E-state index contributed by atoms with van der Waals surface area (Å²) in [5.74, 6) is 0.510. The van der Waals surface area contributed by atoms with Crippen molar-refractivity contribution in [3.8, 4) is 5.69 Å². The smallest absolute Gasteiger partial charge is 0.191 e. The molecule has 1 aromatic heterocycles. The Morgan fingerprint density at radius 3 is 2.59 bits per heavy atom. The number of rotatable bonds is 6. The fraction of sp³-hybridized carbons (Fsp3) is 0.238. The van der Waals surface area contributed by atoms with Gasteiger partial charge >= 0.3 is 0 Å². The normalized spacial score (nSPS) is 11.4. The summed E-state index contributed by atoms with van der Waals surface area (Å²) in [7, 11) is 1.76. The predicted molar refractivity (Wildman–Crippen MR) is 107 cm³/mol. The third kappa shape index (κ3) is 5.17. The van der Waals surface area contributed by atoms with Gasteiger partial charge in [0, 0.05) is 32.8 Å². The summed E-state index contributed by atoms with van der Waals surface area (Å²) < 4.78 is 14.8. The molecule has 0 radical (unpaired) electrons. The average molecular weight is 365 g/mol. The van der Waals surface area contributed by atoms with Gasteiger partial charge in [0.1, 0.15) is 5.82 Å². The molecule has 27 heavy (non-hydrogen) atoms. The van der Waals surface area contributed by atoms with Crippen LogP contribution in [0.2, 0.25) is 0 Å². The van der Waals surface area contributed by atoms with Crippen LogP contribution in [0.15, 0.2) is 65.8 Å². The van der Waals surface area contributed by atoms with E-state index >= 15 is 0 Å². The van der Waals surface area contributed by atoms with Gasteiger partial charge in [-0.2, -0.15) is 5.10 Å². The highest BCUT2D eigenvalue weighted by molar-refractivity contribution is 5.79. The summed E-state index contributed by atoms with van der Waals surface area (Å²) >= 11 is 0. The molecule has 1 heterocycles. The number of benzene rings is 2. The lowest BCUT2D eigenvalue weighted by atomic mass is 10.1. The highest BCUT2D eigenvalue weighted by Gasteiger charge is 2.04. The standard InChI is InChI=1S/C21H24FN5/c1-16-5-3-4-6-17(16)15-25-21(23-2)24-13-11-19-12-14-27(26-19)20-9-7-18(22)8-10-20/h3-10,12,14H,11,13,15H2,1-2H3,(H2,23,24,25). The summed E-state index contributed by atoms with van der Waals surface area (Å²) in [5.41, 5.74) is 4.30. The number of hydrogen-bond acceptors (Lipinski definition) is 2. The molecular weight excluding hydrogens is 341 g/mol. The van der Waals surface area contributed by atoms with E-state index in [1.807, 2.05) is 24.4 Å². The summed E-state index contributed by atoms with van der Waals surface area (Å²) in [4.78, 5) is 4.26. The first-order valence-electron chi connectivity index (χ1n) is 8.95. The zero-order valence-corrected chi connectivity index (χ0v) is 15.6. The van der Waals surface area contributed by atoms with E-state index in [-0.39, 0.29) is 5.82 Å². The number of aromatic nitrogens is 2. The minimum absolute atomic E-state index is 0.250. The Kier molecular flexibility index (Phi) is 6.20. The van der Waals surface area contributed by atoms with Gasteiger partial charge in [-0.3, -0.25) is 4.99 Å². The van der Waals surface area contributed by atoms with E-state index in [1.165, 1.54) is 23.3 Å². The van der Waals surface area contributed by atoms with Crippen LogP contribution in [0.1, 0.15) is 16.8 Å². The molecule has 0 bridgehead atoms. The lowest BCUT2D eigenvalue weighted by molar-refractivity contribution is 0.627. The van der Waals surface area contributed by atoms with Crippen LogP contribution >= 0.6 is 0 Å². The van der Waals surface area contributed by atoms with Crippen molar-refractivity contribution in [3.63, 3.8) is 0 Å². The molecule has 2 aromatic carbocycles. The van der Waals surface area contributed by atoms with Gasteiger partial charge in [-0.05, 0) is 48.4 Å². The number of guanidine groups is 1. The van der Waals surface area contributed by atoms with E-state index < -0.39 is 0 Å².